The molecule has 0 aliphatic carbocycles. The smallest absolute Gasteiger partial charge is 0.164 e. The number of aromatic nitrogens is 3. The zero-order chi connectivity index (χ0) is 19.1. The first kappa shape index (κ1) is 17.7. The van der Waals surface area contributed by atoms with E-state index >= 15 is 0 Å². The lowest BCUT2D eigenvalue weighted by Crippen LogP contribution is -2.31. The van der Waals surface area contributed by atoms with Gasteiger partial charge >= 0.3 is 0 Å². The van der Waals surface area contributed by atoms with Crippen LogP contribution in [0, 0.1) is 0 Å². The van der Waals surface area contributed by atoms with Gasteiger partial charge in [0.15, 0.2) is 5.65 Å². The Hall–Kier alpha value is -2.40. The topological polar surface area (TPSA) is 33.4 Å². The molecule has 0 fully saturated rings. The summed E-state index contributed by atoms with van der Waals surface area (Å²) < 4.78 is 1.74. The van der Waals surface area contributed by atoms with Gasteiger partial charge in [-0.2, -0.15) is 5.10 Å². The van der Waals surface area contributed by atoms with Crippen LogP contribution in [-0.2, 0) is 19.5 Å². The van der Waals surface area contributed by atoms with Crippen LogP contribution in [-0.4, -0.2) is 26.0 Å². The van der Waals surface area contributed by atoms with Gasteiger partial charge in [-0.3, -0.25) is 4.90 Å². The summed E-state index contributed by atoms with van der Waals surface area (Å²) in [6, 6.07) is 18.2. The first-order valence-corrected chi connectivity index (χ1v) is 10.0. The maximum atomic E-state index is 6.77. The van der Waals surface area contributed by atoms with E-state index in [0.717, 1.165) is 54.1 Å². The van der Waals surface area contributed by atoms with Crippen LogP contribution in [0.15, 0.2) is 60.8 Å². The Morgan fingerprint density at radius 1 is 1.00 bits per heavy atom. The average Bonchev–Trinajstić information content (AvgIpc) is 3.14. The fraction of sp³-hybridized carbons (Fsp3) is 0.182. The predicted octanol–water partition coefficient (Wildman–Crippen LogP) is 5.26. The van der Waals surface area contributed by atoms with Crippen molar-refractivity contribution in [3.05, 3.63) is 87.8 Å². The van der Waals surface area contributed by atoms with Gasteiger partial charge in [-0.25, -0.2) is 9.50 Å². The summed E-state index contributed by atoms with van der Waals surface area (Å²) in [6.45, 7) is 2.64. The van der Waals surface area contributed by atoms with E-state index in [0.29, 0.717) is 10.2 Å². The standard InChI is InChI=1S/C22H18Cl2N4/c23-17-8-4-7-16(11-17)18-12-25-28-21(24)19-14-27(10-9-20(19)26-22(18)28)13-15-5-2-1-3-6-15/h1-8,11-12H,9-10,13-14H2. The first-order valence-electron chi connectivity index (χ1n) is 9.26. The summed E-state index contributed by atoms with van der Waals surface area (Å²) in [5.74, 6) is 0. The zero-order valence-corrected chi connectivity index (χ0v) is 16.7. The summed E-state index contributed by atoms with van der Waals surface area (Å²) in [5, 5.41) is 5.84. The van der Waals surface area contributed by atoms with Crippen molar-refractivity contribution >= 4 is 28.8 Å². The second-order valence-electron chi connectivity index (χ2n) is 7.08. The molecule has 0 saturated heterocycles. The largest absolute Gasteiger partial charge is 0.294 e. The van der Waals surface area contributed by atoms with Gasteiger partial charge in [0.25, 0.3) is 0 Å². The second-order valence-corrected chi connectivity index (χ2v) is 7.87. The number of hydrogen-bond donors (Lipinski definition) is 0. The molecule has 0 bridgehead atoms. The third-order valence-electron chi connectivity index (χ3n) is 5.20. The normalized spacial score (nSPS) is 14.4. The highest BCUT2D eigenvalue weighted by Crippen LogP contribution is 2.32. The van der Waals surface area contributed by atoms with Crippen molar-refractivity contribution in [2.24, 2.45) is 0 Å². The van der Waals surface area contributed by atoms with E-state index in [9.17, 15) is 0 Å². The van der Waals surface area contributed by atoms with E-state index in [1.54, 1.807) is 4.52 Å². The molecular formula is C22H18Cl2N4. The SMILES string of the molecule is Clc1cccc(-c2cnn3c(Cl)c4c(nc23)CCN(Cc2ccccc2)C4)c1. The van der Waals surface area contributed by atoms with Gasteiger partial charge in [0.2, 0.25) is 0 Å². The Morgan fingerprint density at radius 3 is 2.68 bits per heavy atom. The van der Waals surface area contributed by atoms with E-state index < -0.39 is 0 Å². The lowest BCUT2D eigenvalue weighted by atomic mass is 10.1. The molecule has 0 spiro atoms. The zero-order valence-electron chi connectivity index (χ0n) is 15.1. The molecule has 0 unspecified atom stereocenters. The Kier molecular flexibility index (Phi) is 4.55. The minimum absolute atomic E-state index is 0.644. The van der Waals surface area contributed by atoms with Gasteiger partial charge < -0.3 is 0 Å². The summed E-state index contributed by atoms with van der Waals surface area (Å²) >= 11 is 12.9. The lowest BCUT2D eigenvalue weighted by molar-refractivity contribution is 0.243. The van der Waals surface area contributed by atoms with Crippen LogP contribution in [0.1, 0.15) is 16.8 Å². The number of nitrogens with zero attached hydrogens (tertiary/aromatic N) is 4. The van der Waals surface area contributed by atoms with E-state index in [4.69, 9.17) is 28.2 Å². The van der Waals surface area contributed by atoms with Gasteiger partial charge in [0.05, 0.1) is 11.9 Å². The van der Waals surface area contributed by atoms with E-state index in [2.05, 4.69) is 34.3 Å². The molecule has 1 aliphatic heterocycles. The molecule has 0 atom stereocenters. The van der Waals surface area contributed by atoms with Gasteiger partial charge in [-0.1, -0.05) is 65.7 Å². The summed E-state index contributed by atoms with van der Waals surface area (Å²) in [6.07, 6.45) is 2.69. The predicted molar refractivity (Wildman–Crippen MR) is 113 cm³/mol. The van der Waals surface area contributed by atoms with Crippen LogP contribution in [0.25, 0.3) is 16.8 Å². The maximum absolute atomic E-state index is 6.77. The second kappa shape index (κ2) is 7.21. The molecule has 6 heteroatoms. The van der Waals surface area contributed by atoms with Crippen LogP contribution in [0.4, 0.5) is 0 Å². The van der Waals surface area contributed by atoms with Crippen LogP contribution in [0.2, 0.25) is 10.2 Å². The van der Waals surface area contributed by atoms with Crippen molar-refractivity contribution < 1.29 is 0 Å². The minimum Gasteiger partial charge on any atom is -0.294 e. The highest BCUT2D eigenvalue weighted by atomic mass is 35.5. The van der Waals surface area contributed by atoms with Gasteiger partial charge in [-0.05, 0) is 23.3 Å². The van der Waals surface area contributed by atoms with Crippen molar-refractivity contribution in [1.29, 1.82) is 0 Å². The highest BCUT2D eigenvalue weighted by Gasteiger charge is 2.24. The molecule has 3 heterocycles. The number of hydrogen-bond acceptors (Lipinski definition) is 3. The van der Waals surface area contributed by atoms with Crippen molar-refractivity contribution in [3.8, 4) is 11.1 Å². The van der Waals surface area contributed by atoms with Crippen molar-refractivity contribution in [2.45, 2.75) is 19.5 Å². The van der Waals surface area contributed by atoms with Crippen LogP contribution in [0.3, 0.4) is 0 Å². The quantitative estimate of drug-likeness (QED) is 0.433. The molecule has 140 valence electrons. The fourth-order valence-corrected chi connectivity index (χ4v) is 4.28. The molecule has 28 heavy (non-hydrogen) atoms. The van der Waals surface area contributed by atoms with E-state index in [1.165, 1.54) is 5.56 Å². The Bertz CT molecular complexity index is 1150. The summed E-state index contributed by atoms with van der Waals surface area (Å²) in [7, 11) is 0. The van der Waals surface area contributed by atoms with Gasteiger partial charge in [0.1, 0.15) is 5.15 Å². The Morgan fingerprint density at radius 2 is 1.86 bits per heavy atom. The third-order valence-corrected chi connectivity index (χ3v) is 5.82. The van der Waals surface area contributed by atoms with E-state index in [1.807, 2.05) is 36.5 Å². The Labute approximate surface area is 173 Å². The molecule has 0 saturated carbocycles. The van der Waals surface area contributed by atoms with Crippen molar-refractivity contribution in [2.75, 3.05) is 6.54 Å². The van der Waals surface area contributed by atoms with Crippen molar-refractivity contribution in [3.63, 3.8) is 0 Å². The molecule has 0 amide bonds. The molecule has 5 rings (SSSR count). The molecule has 2 aromatic heterocycles. The highest BCUT2D eigenvalue weighted by molar-refractivity contribution is 6.31. The summed E-state index contributed by atoms with van der Waals surface area (Å²) in [4.78, 5) is 7.33. The molecule has 4 nitrogen and oxygen atoms in total. The van der Waals surface area contributed by atoms with Crippen LogP contribution >= 0.6 is 23.2 Å². The number of fused-ring (bicyclic) bond motifs is 2. The first-order chi connectivity index (χ1) is 13.7. The average molecular weight is 409 g/mol. The van der Waals surface area contributed by atoms with Gasteiger partial charge in [-0.15, -0.1) is 0 Å². The number of benzene rings is 2. The minimum atomic E-state index is 0.644. The molecule has 0 radical (unpaired) electrons. The lowest BCUT2D eigenvalue weighted by Gasteiger charge is -2.28. The molecule has 2 aromatic carbocycles. The van der Waals surface area contributed by atoms with Crippen LogP contribution in [0.5, 0.6) is 0 Å². The molecular weight excluding hydrogens is 391 g/mol. The number of rotatable bonds is 3. The molecule has 0 N–H and O–H groups in total. The third kappa shape index (κ3) is 3.18. The monoisotopic (exact) mass is 408 g/mol. The van der Waals surface area contributed by atoms with Gasteiger partial charge in [0, 0.05) is 42.2 Å². The Balaban J connectivity index is 1.51. The summed E-state index contributed by atoms with van der Waals surface area (Å²) in [5.41, 5.74) is 6.15. The fourth-order valence-electron chi connectivity index (χ4n) is 3.80. The van der Waals surface area contributed by atoms with Crippen LogP contribution < -0.4 is 0 Å². The number of halogens is 2. The molecule has 4 aromatic rings. The maximum Gasteiger partial charge on any atom is 0.164 e. The van der Waals surface area contributed by atoms with Crippen molar-refractivity contribution in [1.82, 2.24) is 19.5 Å². The molecule has 1 aliphatic rings. The van der Waals surface area contributed by atoms with E-state index in [-0.39, 0.29) is 0 Å².